The van der Waals surface area contributed by atoms with Crippen molar-refractivity contribution in [2.75, 3.05) is 0 Å². The molecule has 0 aliphatic carbocycles. The van der Waals surface area contributed by atoms with Gasteiger partial charge in [0.1, 0.15) is 0 Å². The van der Waals surface area contributed by atoms with Gasteiger partial charge in [0.2, 0.25) is 0 Å². The van der Waals surface area contributed by atoms with E-state index < -0.39 is 15.8 Å². The van der Waals surface area contributed by atoms with E-state index in [0.29, 0.717) is 0 Å². The minimum absolute atomic E-state index is 0. The van der Waals surface area contributed by atoms with Gasteiger partial charge in [-0.3, -0.25) is 15.0 Å². The molecule has 0 radical (unpaired) electrons. The third kappa shape index (κ3) is 7.82. The molecular formula is C33H24IrN3P2. The normalized spacial score (nSPS) is 10.3. The number of benzene rings is 3. The Morgan fingerprint density at radius 1 is 0.385 bits per heavy atom. The molecule has 0 atom stereocenters. The molecule has 3 aromatic heterocycles. The van der Waals surface area contributed by atoms with E-state index >= 15 is 0 Å². The first-order valence-corrected chi connectivity index (χ1v) is 14.8. The van der Waals surface area contributed by atoms with Gasteiger partial charge in [-0.2, -0.15) is 91.0 Å². The quantitative estimate of drug-likeness (QED) is 0.189. The van der Waals surface area contributed by atoms with E-state index in [1.165, 1.54) is 10.6 Å². The summed E-state index contributed by atoms with van der Waals surface area (Å²) < 4.78 is 0. The van der Waals surface area contributed by atoms with Gasteiger partial charge in [0.15, 0.2) is 0 Å². The van der Waals surface area contributed by atoms with Crippen molar-refractivity contribution in [3.05, 3.63) is 164 Å². The molecule has 0 bridgehead atoms. The van der Waals surface area contributed by atoms with Crippen LogP contribution in [0.2, 0.25) is 0 Å². The molecule has 0 saturated heterocycles. The first-order valence-electron chi connectivity index (χ1n) is 12.1. The standard InChI is InChI=1S/C17H12NP.C16H12N2P.Ir/c1-3-9-15(10-4-1)19(16-11-5-2-6-12-16)17-13-7-8-14-18-17;1-2-8-14(9-3-1)19(15-10-4-6-12-17-15)16-11-5-7-13-18-16;/h1-9,11,13-14H;1-8,10-13H;/q-2;-1;+3. The minimum atomic E-state index is -0.724. The average molecular weight is 717 g/mol. The summed E-state index contributed by atoms with van der Waals surface area (Å²) in [5.41, 5.74) is 3.19. The van der Waals surface area contributed by atoms with Gasteiger partial charge in [0.25, 0.3) is 0 Å². The van der Waals surface area contributed by atoms with Crippen LogP contribution in [0.25, 0.3) is 0 Å². The van der Waals surface area contributed by atoms with Crippen molar-refractivity contribution in [2.24, 2.45) is 0 Å². The molecule has 0 aliphatic heterocycles. The number of aromatic nitrogens is 3. The Morgan fingerprint density at radius 2 is 0.718 bits per heavy atom. The first kappa shape index (κ1) is 28.6. The van der Waals surface area contributed by atoms with E-state index in [1.807, 2.05) is 110 Å². The molecule has 0 fully saturated rings. The van der Waals surface area contributed by atoms with E-state index in [1.54, 1.807) is 0 Å². The predicted octanol–water partition coefficient (Wildman–Crippen LogP) is 4.47. The van der Waals surface area contributed by atoms with Crippen LogP contribution in [0.1, 0.15) is 0 Å². The van der Waals surface area contributed by atoms with Crippen molar-refractivity contribution in [1.29, 1.82) is 0 Å². The molecule has 3 nitrogen and oxygen atoms in total. The van der Waals surface area contributed by atoms with E-state index in [2.05, 4.69) is 69.5 Å². The monoisotopic (exact) mass is 717 g/mol. The SMILES string of the molecule is [Ir+3].[c-]1ccccc1P(c1[c-]cccc1)c1ccccn1.[c-]1ccccc1P(c1ccccn1)c1ccccn1. The van der Waals surface area contributed by atoms with Crippen LogP contribution in [0, 0.1) is 18.2 Å². The zero-order chi connectivity index (χ0) is 25.8. The van der Waals surface area contributed by atoms with Crippen LogP contribution in [0.4, 0.5) is 0 Å². The molecule has 6 aromatic rings. The molecule has 0 spiro atoms. The number of pyridine rings is 3. The van der Waals surface area contributed by atoms with Crippen molar-refractivity contribution in [1.82, 2.24) is 15.0 Å². The predicted molar refractivity (Wildman–Crippen MR) is 160 cm³/mol. The van der Waals surface area contributed by atoms with E-state index in [-0.39, 0.29) is 20.1 Å². The maximum absolute atomic E-state index is 4.52. The smallest absolute Gasteiger partial charge is 0.256 e. The van der Waals surface area contributed by atoms with E-state index in [4.69, 9.17) is 0 Å². The van der Waals surface area contributed by atoms with E-state index in [0.717, 1.165) is 21.6 Å². The summed E-state index contributed by atoms with van der Waals surface area (Å²) in [5, 5.41) is 3.51. The summed E-state index contributed by atoms with van der Waals surface area (Å²) in [6.45, 7) is 0. The Bertz CT molecular complexity index is 1190. The fourth-order valence-corrected chi connectivity index (χ4v) is 7.82. The average Bonchev–Trinajstić information content (AvgIpc) is 3.01. The maximum atomic E-state index is 4.52. The number of hydrogen-bond donors (Lipinski definition) is 0. The largest absolute Gasteiger partial charge is 3.00 e. The topological polar surface area (TPSA) is 38.7 Å². The van der Waals surface area contributed by atoms with Crippen molar-refractivity contribution >= 4 is 48.1 Å². The molecule has 0 amide bonds. The van der Waals surface area contributed by atoms with Crippen LogP contribution in [0.15, 0.2) is 146 Å². The number of hydrogen-bond acceptors (Lipinski definition) is 3. The van der Waals surface area contributed by atoms with Gasteiger partial charge in [-0.1, -0.05) is 18.2 Å². The summed E-state index contributed by atoms with van der Waals surface area (Å²) in [6, 6.07) is 52.3. The second-order valence-corrected chi connectivity index (χ2v) is 12.1. The minimum Gasteiger partial charge on any atom is -0.256 e. The third-order valence-electron chi connectivity index (χ3n) is 5.44. The van der Waals surface area contributed by atoms with Crippen molar-refractivity contribution in [3.8, 4) is 0 Å². The van der Waals surface area contributed by atoms with Crippen LogP contribution in [0.5, 0.6) is 0 Å². The molecule has 0 unspecified atom stereocenters. The summed E-state index contributed by atoms with van der Waals surface area (Å²) >= 11 is 0. The van der Waals surface area contributed by atoms with Gasteiger partial charge >= 0.3 is 20.1 Å². The molecular weight excluding hydrogens is 693 g/mol. The third-order valence-corrected chi connectivity index (χ3v) is 9.88. The van der Waals surface area contributed by atoms with Crippen LogP contribution >= 0.6 is 15.8 Å². The molecule has 6 heteroatoms. The van der Waals surface area contributed by atoms with Crippen LogP contribution in [0.3, 0.4) is 0 Å². The molecule has 3 aromatic carbocycles. The van der Waals surface area contributed by atoms with Crippen LogP contribution in [-0.4, -0.2) is 15.0 Å². The molecule has 0 aliphatic rings. The molecule has 6 rings (SSSR count). The fourth-order valence-electron chi connectivity index (χ4n) is 3.77. The Hall–Kier alpha value is -3.38. The number of nitrogens with zero attached hydrogens (tertiary/aromatic N) is 3. The van der Waals surface area contributed by atoms with Gasteiger partial charge in [-0.15, -0.1) is 15.9 Å². The van der Waals surface area contributed by atoms with Gasteiger partial charge in [0, 0.05) is 26.5 Å². The molecule has 39 heavy (non-hydrogen) atoms. The Balaban J connectivity index is 0.000000176. The van der Waals surface area contributed by atoms with Crippen molar-refractivity contribution in [3.63, 3.8) is 0 Å². The van der Waals surface area contributed by atoms with Gasteiger partial charge < -0.3 is 0 Å². The second kappa shape index (κ2) is 15.3. The Labute approximate surface area is 246 Å². The second-order valence-electron chi connectivity index (χ2n) is 7.98. The molecule has 0 saturated carbocycles. The summed E-state index contributed by atoms with van der Waals surface area (Å²) in [7, 11) is -1.39. The van der Waals surface area contributed by atoms with Crippen molar-refractivity contribution in [2.45, 2.75) is 0 Å². The van der Waals surface area contributed by atoms with Crippen molar-refractivity contribution < 1.29 is 20.1 Å². The summed E-state index contributed by atoms with van der Waals surface area (Å²) in [4.78, 5) is 13.5. The molecule has 0 N–H and O–H groups in total. The molecule has 190 valence electrons. The fraction of sp³-hybridized carbons (Fsp3) is 0. The first-order chi connectivity index (χ1) is 18.9. The zero-order valence-electron chi connectivity index (χ0n) is 20.9. The summed E-state index contributed by atoms with van der Waals surface area (Å²) in [5.74, 6) is 0. The van der Waals surface area contributed by atoms with Gasteiger partial charge in [-0.25, -0.2) is 0 Å². The Morgan fingerprint density at radius 3 is 1.03 bits per heavy atom. The van der Waals surface area contributed by atoms with Gasteiger partial charge in [-0.05, 0) is 44.3 Å². The molecule has 3 heterocycles. The van der Waals surface area contributed by atoms with Crippen LogP contribution < -0.4 is 32.2 Å². The zero-order valence-corrected chi connectivity index (χ0v) is 25.1. The van der Waals surface area contributed by atoms with Crippen LogP contribution in [-0.2, 0) is 20.1 Å². The number of rotatable bonds is 6. The summed E-state index contributed by atoms with van der Waals surface area (Å²) in [6.07, 6.45) is 5.50. The van der Waals surface area contributed by atoms with E-state index in [9.17, 15) is 0 Å². The van der Waals surface area contributed by atoms with Gasteiger partial charge in [0.05, 0.1) is 16.3 Å². The Kier molecular flexibility index (Phi) is 11.2. The maximum Gasteiger partial charge on any atom is 3.00 e.